The Labute approximate surface area is 122 Å². The quantitative estimate of drug-likeness (QED) is 0.547. The molecule has 0 amide bonds. The number of aliphatic carboxylic acids is 1. The van der Waals surface area contributed by atoms with Crippen LogP contribution in [-0.2, 0) is 9.53 Å². The molecule has 4 aliphatic rings. The predicted octanol–water partition coefficient (Wildman–Crippen LogP) is 0.0982. The summed E-state index contributed by atoms with van der Waals surface area (Å²) < 4.78 is 5.62. The fourth-order valence-electron chi connectivity index (χ4n) is 6.82. The number of carboxylic acid groups (broad SMARTS) is 1. The molecule has 0 aromatic carbocycles. The second-order valence-corrected chi connectivity index (χ2v) is 8.14. The molecule has 0 radical (unpaired) electrons. The van der Waals surface area contributed by atoms with E-state index >= 15 is 0 Å². The molecule has 0 aromatic rings. The molecule has 3 aliphatic carbocycles. The summed E-state index contributed by atoms with van der Waals surface area (Å²) in [4.78, 5) is 12.1. The molecule has 6 heteroatoms. The van der Waals surface area contributed by atoms with E-state index in [0.29, 0.717) is 12.8 Å². The van der Waals surface area contributed by atoms with Gasteiger partial charge in [0.1, 0.15) is 0 Å². The molecule has 7 atom stereocenters. The van der Waals surface area contributed by atoms with Crippen LogP contribution in [0, 0.1) is 22.2 Å². The Bertz CT molecular complexity index is 575. The van der Waals surface area contributed by atoms with E-state index in [9.17, 15) is 25.2 Å². The number of fused-ring (bicyclic) bond motifs is 1. The minimum absolute atomic E-state index is 0.0352. The lowest BCUT2D eigenvalue weighted by atomic mass is 9.57. The van der Waals surface area contributed by atoms with Crippen LogP contribution in [0.15, 0.2) is 0 Å². The number of aliphatic hydroxyl groups is 3. The maximum Gasteiger partial charge on any atom is 0.337 e. The Kier molecular flexibility index (Phi) is 2.00. The van der Waals surface area contributed by atoms with E-state index in [4.69, 9.17) is 4.74 Å². The predicted molar refractivity (Wildman–Crippen MR) is 70.1 cm³/mol. The van der Waals surface area contributed by atoms with Crippen molar-refractivity contribution >= 4 is 5.97 Å². The zero-order valence-electron chi connectivity index (χ0n) is 12.5. The molecule has 4 rings (SSSR count). The van der Waals surface area contributed by atoms with E-state index in [0.717, 1.165) is 0 Å². The van der Waals surface area contributed by atoms with Crippen molar-refractivity contribution in [2.24, 2.45) is 22.2 Å². The number of rotatable bonds is 1. The smallest absolute Gasteiger partial charge is 0.337 e. The largest absolute Gasteiger partial charge is 0.479 e. The van der Waals surface area contributed by atoms with Gasteiger partial charge in [0.2, 0.25) is 0 Å². The van der Waals surface area contributed by atoms with Gasteiger partial charge in [-0.05, 0) is 25.7 Å². The van der Waals surface area contributed by atoms with Gasteiger partial charge < -0.3 is 25.2 Å². The highest BCUT2D eigenvalue weighted by Crippen LogP contribution is 2.87. The van der Waals surface area contributed by atoms with Gasteiger partial charge >= 0.3 is 5.97 Å². The van der Waals surface area contributed by atoms with Crippen molar-refractivity contribution < 1.29 is 30.0 Å². The first kappa shape index (κ1) is 13.9. The zero-order chi connectivity index (χ0) is 15.7. The Balaban J connectivity index is 2.13. The summed E-state index contributed by atoms with van der Waals surface area (Å²) in [5, 5.41) is 43.1. The molecule has 4 fully saturated rings. The molecule has 1 spiro atoms. The average molecular weight is 298 g/mol. The Hall–Kier alpha value is -0.690. The molecular weight excluding hydrogens is 276 g/mol. The minimum Gasteiger partial charge on any atom is -0.479 e. The van der Waals surface area contributed by atoms with Gasteiger partial charge in [0.25, 0.3) is 0 Å². The minimum atomic E-state index is -2.20. The van der Waals surface area contributed by atoms with Crippen LogP contribution in [0.2, 0.25) is 0 Å². The van der Waals surface area contributed by atoms with Crippen LogP contribution < -0.4 is 0 Å². The molecule has 3 saturated carbocycles. The third-order valence-electron chi connectivity index (χ3n) is 7.98. The van der Waals surface area contributed by atoms with Crippen LogP contribution in [0.4, 0.5) is 0 Å². The first-order valence-electron chi connectivity index (χ1n) is 7.49. The van der Waals surface area contributed by atoms with Crippen LogP contribution in [0.1, 0.15) is 40.0 Å². The third-order valence-corrected chi connectivity index (χ3v) is 7.98. The van der Waals surface area contributed by atoms with Gasteiger partial charge in [-0.25, -0.2) is 4.79 Å². The highest BCUT2D eigenvalue weighted by Gasteiger charge is 2.98. The normalized spacial score (nSPS) is 67.6. The number of ether oxygens (including phenoxy) is 1. The monoisotopic (exact) mass is 298 g/mol. The molecule has 4 N–H and O–H groups in total. The van der Waals surface area contributed by atoms with Crippen molar-refractivity contribution in [2.75, 3.05) is 6.61 Å². The van der Waals surface area contributed by atoms with Gasteiger partial charge in [-0.2, -0.15) is 0 Å². The second-order valence-electron chi connectivity index (χ2n) is 8.14. The van der Waals surface area contributed by atoms with Crippen molar-refractivity contribution in [3.63, 3.8) is 0 Å². The van der Waals surface area contributed by atoms with Gasteiger partial charge in [0.05, 0.1) is 17.6 Å². The van der Waals surface area contributed by atoms with Crippen molar-refractivity contribution in [1.29, 1.82) is 0 Å². The lowest BCUT2D eigenvalue weighted by molar-refractivity contribution is -0.244. The molecule has 0 aromatic heterocycles. The van der Waals surface area contributed by atoms with Crippen LogP contribution >= 0.6 is 0 Å². The van der Waals surface area contributed by atoms with Crippen LogP contribution in [0.5, 0.6) is 0 Å². The highest BCUT2D eigenvalue weighted by molar-refractivity contribution is 5.83. The molecule has 1 heterocycles. The summed E-state index contributed by atoms with van der Waals surface area (Å²) in [6, 6.07) is 0. The fraction of sp³-hybridized carbons (Fsp3) is 0.933. The lowest BCUT2D eigenvalue weighted by Gasteiger charge is -2.46. The molecule has 6 nitrogen and oxygen atoms in total. The van der Waals surface area contributed by atoms with Crippen molar-refractivity contribution in [2.45, 2.75) is 57.0 Å². The van der Waals surface area contributed by atoms with Crippen molar-refractivity contribution in [1.82, 2.24) is 0 Å². The van der Waals surface area contributed by atoms with E-state index in [1.807, 2.05) is 6.92 Å². The van der Waals surface area contributed by atoms with Gasteiger partial charge in [-0.3, -0.25) is 0 Å². The van der Waals surface area contributed by atoms with Crippen molar-refractivity contribution in [3.05, 3.63) is 0 Å². The zero-order valence-corrected chi connectivity index (χ0v) is 12.5. The average Bonchev–Trinajstić information content (AvgIpc) is 2.82. The number of hydrogen-bond donors (Lipinski definition) is 4. The molecule has 2 bridgehead atoms. The topological polar surface area (TPSA) is 107 Å². The van der Waals surface area contributed by atoms with E-state index in [1.54, 1.807) is 13.8 Å². The maximum atomic E-state index is 12.1. The second kappa shape index (κ2) is 3.02. The Morgan fingerprint density at radius 2 is 1.81 bits per heavy atom. The van der Waals surface area contributed by atoms with Gasteiger partial charge in [-0.15, -0.1) is 0 Å². The van der Waals surface area contributed by atoms with Crippen LogP contribution in [0.3, 0.4) is 0 Å². The van der Waals surface area contributed by atoms with Gasteiger partial charge in [0.15, 0.2) is 11.4 Å². The first-order valence-corrected chi connectivity index (χ1v) is 7.49. The SMILES string of the molecule is CC12CO[C@@]3(O)C[C@@]4(C1CC[C@@]4(C)O)[C@@](O)(C(=O)O)[C@@]23C. The summed E-state index contributed by atoms with van der Waals surface area (Å²) >= 11 is 0. The number of carbonyl (C=O) groups is 1. The molecule has 1 aliphatic heterocycles. The molecule has 2 unspecified atom stereocenters. The van der Waals surface area contributed by atoms with Gasteiger partial charge in [0, 0.05) is 17.3 Å². The summed E-state index contributed by atoms with van der Waals surface area (Å²) in [6.45, 7) is 5.28. The third kappa shape index (κ3) is 0.875. The number of hydrogen-bond acceptors (Lipinski definition) is 5. The summed E-state index contributed by atoms with van der Waals surface area (Å²) in [6.07, 6.45) is 1.02. The summed E-state index contributed by atoms with van der Waals surface area (Å²) in [5.41, 5.74) is -6.84. The standard InChI is InChI=1S/C15H22O6/c1-10-7-21-14(19)6-13(8(10)4-5-11(13,2)18)15(20,9(16)17)12(10,14)3/h8,18-20H,4-7H2,1-3H3,(H,16,17)/t8?,10?,11-,12+,13+,14+,15-/m1/s1. The molecular formula is C15H22O6. The molecule has 118 valence electrons. The first-order chi connectivity index (χ1) is 9.45. The lowest BCUT2D eigenvalue weighted by Crippen LogP contribution is -2.63. The Morgan fingerprint density at radius 3 is 2.38 bits per heavy atom. The van der Waals surface area contributed by atoms with Crippen LogP contribution in [-0.4, -0.2) is 50.0 Å². The van der Waals surface area contributed by atoms with Gasteiger partial charge in [-0.1, -0.05) is 13.8 Å². The molecule has 21 heavy (non-hydrogen) atoms. The van der Waals surface area contributed by atoms with Crippen LogP contribution in [0.25, 0.3) is 0 Å². The Morgan fingerprint density at radius 1 is 1.19 bits per heavy atom. The van der Waals surface area contributed by atoms with E-state index < -0.39 is 39.2 Å². The van der Waals surface area contributed by atoms with Crippen molar-refractivity contribution in [3.8, 4) is 0 Å². The highest BCUT2D eigenvalue weighted by atomic mass is 16.6. The maximum absolute atomic E-state index is 12.1. The van der Waals surface area contributed by atoms with E-state index in [-0.39, 0.29) is 18.9 Å². The summed E-state index contributed by atoms with van der Waals surface area (Å²) in [7, 11) is 0. The fourth-order valence-corrected chi connectivity index (χ4v) is 6.82. The summed E-state index contributed by atoms with van der Waals surface area (Å²) in [5.74, 6) is -3.27. The van der Waals surface area contributed by atoms with E-state index in [2.05, 4.69) is 0 Å². The number of carboxylic acids is 1. The van der Waals surface area contributed by atoms with E-state index in [1.165, 1.54) is 0 Å². The molecule has 1 saturated heterocycles.